The second-order valence-corrected chi connectivity index (χ2v) is 5.27. The third kappa shape index (κ3) is 3.01. The van der Waals surface area contributed by atoms with Gasteiger partial charge < -0.3 is 12.7 Å². The Balaban J connectivity index is 2.35. The Kier molecular flexibility index (Phi) is 5.22. The van der Waals surface area contributed by atoms with Crippen LogP contribution >= 0.6 is 23.0 Å². The number of esters is 1. The first kappa shape index (κ1) is 16.5. The van der Waals surface area contributed by atoms with Gasteiger partial charge in [0.25, 0.3) is 0 Å². The third-order valence-electron chi connectivity index (χ3n) is 3.64. The van der Waals surface area contributed by atoms with E-state index in [-0.39, 0.29) is 0 Å². The van der Waals surface area contributed by atoms with E-state index in [0.717, 1.165) is 10.5 Å². The SMILES string of the molecule is COC(=O)C1C(Cc2ccccc2)N(C)C(=O)N1C(=O)OI. The lowest BCUT2D eigenvalue weighted by molar-refractivity contribution is -0.145. The Morgan fingerprint density at radius 3 is 2.45 bits per heavy atom. The number of hydrogen-bond donors (Lipinski definition) is 0. The maximum absolute atomic E-state index is 12.3. The first-order chi connectivity index (χ1) is 10.5. The molecule has 2 rings (SSSR count). The molecule has 0 aromatic heterocycles. The molecule has 1 heterocycles. The van der Waals surface area contributed by atoms with Crippen LogP contribution in [-0.4, -0.2) is 54.1 Å². The molecule has 0 bridgehead atoms. The number of nitrogens with zero attached hydrogens (tertiary/aromatic N) is 2. The van der Waals surface area contributed by atoms with Crippen LogP contribution in [-0.2, 0) is 19.0 Å². The van der Waals surface area contributed by atoms with Crippen LogP contribution in [0.3, 0.4) is 0 Å². The van der Waals surface area contributed by atoms with Crippen molar-refractivity contribution in [2.24, 2.45) is 0 Å². The lowest BCUT2D eigenvalue weighted by atomic mass is 9.99. The van der Waals surface area contributed by atoms with E-state index in [4.69, 9.17) is 4.74 Å². The number of benzene rings is 1. The van der Waals surface area contributed by atoms with Gasteiger partial charge in [0, 0.05) is 7.05 Å². The van der Waals surface area contributed by atoms with Crippen molar-refractivity contribution in [3.05, 3.63) is 35.9 Å². The van der Waals surface area contributed by atoms with Crippen LogP contribution in [0, 0.1) is 0 Å². The van der Waals surface area contributed by atoms with Gasteiger partial charge in [-0.3, -0.25) is 0 Å². The van der Waals surface area contributed by atoms with Crippen LogP contribution in [0.5, 0.6) is 0 Å². The number of halogens is 1. The highest BCUT2D eigenvalue weighted by molar-refractivity contribution is 14.1. The molecule has 3 amide bonds. The zero-order valence-electron chi connectivity index (χ0n) is 12.1. The average molecular weight is 418 g/mol. The minimum Gasteiger partial charge on any atom is -0.467 e. The maximum Gasteiger partial charge on any atom is 0.428 e. The highest BCUT2D eigenvalue weighted by atomic mass is 127. The Labute approximate surface area is 141 Å². The molecule has 2 atom stereocenters. The molecule has 1 aliphatic rings. The molecule has 1 fully saturated rings. The van der Waals surface area contributed by atoms with Crippen molar-refractivity contribution in [1.29, 1.82) is 0 Å². The number of hydrogen-bond acceptors (Lipinski definition) is 5. The second-order valence-electron chi connectivity index (χ2n) is 4.83. The first-order valence-electron chi connectivity index (χ1n) is 6.51. The van der Waals surface area contributed by atoms with Gasteiger partial charge in [0.1, 0.15) is 0 Å². The minimum atomic E-state index is -1.04. The Bertz CT molecular complexity index is 580. The van der Waals surface area contributed by atoms with Gasteiger partial charge in [-0.25, -0.2) is 19.3 Å². The van der Waals surface area contributed by atoms with Crippen molar-refractivity contribution >= 4 is 41.1 Å². The van der Waals surface area contributed by atoms with Crippen molar-refractivity contribution in [3.8, 4) is 0 Å². The van der Waals surface area contributed by atoms with Crippen LogP contribution in [0.15, 0.2) is 30.3 Å². The standard InChI is InChI=1S/C14H15IN2O5/c1-16-10(8-9-6-4-3-5-7-9)11(12(18)21-2)17(13(16)19)14(20)22-15/h3-7,10-11H,8H2,1-2H3. The number of carbonyl (C=O) groups excluding carboxylic acids is 3. The predicted octanol–water partition coefficient (Wildman–Crippen LogP) is 1.99. The topological polar surface area (TPSA) is 76.2 Å². The highest BCUT2D eigenvalue weighted by Crippen LogP contribution is 2.27. The van der Waals surface area contributed by atoms with E-state index in [2.05, 4.69) is 3.07 Å². The summed E-state index contributed by atoms with van der Waals surface area (Å²) in [6, 6.07) is 7.27. The van der Waals surface area contributed by atoms with Crippen molar-refractivity contribution in [3.63, 3.8) is 0 Å². The lowest BCUT2D eigenvalue weighted by Gasteiger charge is -2.23. The van der Waals surface area contributed by atoms with Crippen LogP contribution in [0.4, 0.5) is 9.59 Å². The summed E-state index contributed by atoms with van der Waals surface area (Å²) < 4.78 is 9.33. The summed E-state index contributed by atoms with van der Waals surface area (Å²) in [7, 11) is 2.77. The van der Waals surface area contributed by atoms with Gasteiger partial charge in [-0.1, -0.05) is 30.3 Å². The molecule has 2 unspecified atom stereocenters. The average Bonchev–Trinajstić information content (AvgIpc) is 2.79. The van der Waals surface area contributed by atoms with E-state index in [9.17, 15) is 14.4 Å². The molecule has 1 aromatic rings. The van der Waals surface area contributed by atoms with Crippen molar-refractivity contribution < 1.29 is 22.2 Å². The van der Waals surface area contributed by atoms with E-state index < -0.39 is 30.2 Å². The number of likely N-dealkylation sites (N-methyl/N-ethyl adjacent to an activating group) is 1. The number of rotatable bonds is 3. The normalized spacial score (nSPS) is 21.0. The van der Waals surface area contributed by atoms with Gasteiger partial charge in [0.05, 0.1) is 13.2 Å². The van der Waals surface area contributed by atoms with E-state index in [1.807, 2.05) is 30.3 Å². The Morgan fingerprint density at radius 1 is 1.27 bits per heavy atom. The van der Waals surface area contributed by atoms with Gasteiger partial charge >= 0.3 is 18.1 Å². The molecule has 0 spiro atoms. The molecule has 22 heavy (non-hydrogen) atoms. The molecule has 8 heteroatoms. The second kappa shape index (κ2) is 6.95. The Morgan fingerprint density at radius 2 is 1.91 bits per heavy atom. The maximum atomic E-state index is 12.3. The quantitative estimate of drug-likeness (QED) is 0.555. The van der Waals surface area contributed by atoms with Crippen LogP contribution < -0.4 is 0 Å². The molecule has 0 N–H and O–H groups in total. The molecule has 1 aromatic carbocycles. The van der Waals surface area contributed by atoms with Gasteiger partial charge in [-0.05, 0) is 12.0 Å². The van der Waals surface area contributed by atoms with E-state index in [1.165, 1.54) is 35.0 Å². The summed E-state index contributed by atoms with van der Waals surface area (Å²) in [5.74, 6) is -0.652. The minimum absolute atomic E-state index is 0.424. The molecular formula is C14H15IN2O5. The van der Waals surface area contributed by atoms with Crippen LogP contribution in [0.1, 0.15) is 5.56 Å². The number of amides is 3. The molecule has 0 saturated carbocycles. The smallest absolute Gasteiger partial charge is 0.428 e. The number of urea groups is 1. The fourth-order valence-electron chi connectivity index (χ4n) is 2.53. The van der Waals surface area contributed by atoms with E-state index >= 15 is 0 Å². The van der Waals surface area contributed by atoms with Gasteiger partial charge in [0.2, 0.25) is 0 Å². The predicted molar refractivity (Wildman–Crippen MR) is 85.2 cm³/mol. The molecule has 7 nitrogen and oxygen atoms in total. The molecule has 1 saturated heterocycles. The largest absolute Gasteiger partial charge is 0.467 e. The zero-order valence-corrected chi connectivity index (χ0v) is 14.2. The third-order valence-corrected chi connectivity index (χ3v) is 4.02. The number of methoxy groups -OCH3 is 1. The monoisotopic (exact) mass is 418 g/mol. The summed E-state index contributed by atoms with van der Waals surface area (Å²) in [6.07, 6.45) is -0.461. The summed E-state index contributed by atoms with van der Waals surface area (Å²) in [4.78, 5) is 38.4. The zero-order chi connectivity index (χ0) is 16.3. The van der Waals surface area contributed by atoms with Crippen LogP contribution in [0.25, 0.3) is 0 Å². The van der Waals surface area contributed by atoms with Gasteiger partial charge in [-0.2, -0.15) is 0 Å². The molecule has 118 valence electrons. The van der Waals surface area contributed by atoms with Crippen LogP contribution in [0.2, 0.25) is 0 Å². The van der Waals surface area contributed by atoms with Crippen molar-refractivity contribution in [2.45, 2.75) is 18.5 Å². The summed E-state index contributed by atoms with van der Waals surface area (Å²) >= 11 is 1.38. The summed E-state index contributed by atoms with van der Waals surface area (Å²) in [5.41, 5.74) is 0.950. The number of ether oxygens (including phenoxy) is 1. The molecule has 0 aliphatic carbocycles. The summed E-state index contributed by atoms with van der Waals surface area (Å²) in [5, 5.41) is 0. The highest BCUT2D eigenvalue weighted by Gasteiger charge is 2.52. The Hall–Kier alpha value is -1.84. The molecular weight excluding hydrogens is 403 g/mol. The van der Waals surface area contributed by atoms with Gasteiger partial charge in [0.15, 0.2) is 29.0 Å². The van der Waals surface area contributed by atoms with Gasteiger partial charge in [-0.15, -0.1) is 0 Å². The fraction of sp³-hybridized carbons (Fsp3) is 0.357. The van der Waals surface area contributed by atoms with Crippen molar-refractivity contribution in [2.75, 3.05) is 14.2 Å². The molecule has 1 aliphatic heterocycles. The fourth-order valence-corrected chi connectivity index (χ4v) is 2.74. The number of carbonyl (C=O) groups is 3. The first-order valence-corrected chi connectivity index (χ1v) is 7.39. The summed E-state index contributed by atoms with van der Waals surface area (Å²) in [6.45, 7) is 0. The van der Waals surface area contributed by atoms with Crippen molar-refractivity contribution in [1.82, 2.24) is 9.80 Å². The lowest BCUT2D eigenvalue weighted by Crippen LogP contribution is -2.47. The van der Waals surface area contributed by atoms with E-state index in [0.29, 0.717) is 6.42 Å². The number of imide groups is 1. The van der Waals surface area contributed by atoms with E-state index in [1.54, 1.807) is 7.05 Å². The molecule has 0 radical (unpaired) electrons.